The first-order valence-electron chi connectivity index (χ1n) is 9.76. The molecule has 0 bridgehead atoms. The summed E-state index contributed by atoms with van der Waals surface area (Å²) < 4.78 is 4.62. The summed E-state index contributed by atoms with van der Waals surface area (Å²) in [6, 6.07) is 0. The van der Waals surface area contributed by atoms with Gasteiger partial charge in [0.1, 0.15) is 12.4 Å². The standard InChI is InChI=1S/C19H36N4S/c1-4-7-10-18(6-3)16-23-15-14-22(17-23)13-9-12-21-19(24)20-11-8-5-2/h14-15,17-18H,4-13,16H2,1-3H3,(H-,20,21,24)/p+1. The van der Waals surface area contributed by atoms with Crippen LogP contribution in [0.4, 0.5) is 0 Å². The molecule has 0 saturated heterocycles. The van der Waals surface area contributed by atoms with Crippen LogP contribution in [0.15, 0.2) is 18.7 Å². The van der Waals surface area contributed by atoms with E-state index in [0.29, 0.717) is 0 Å². The van der Waals surface area contributed by atoms with Crippen LogP contribution < -0.4 is 15.2 Å². The highest BCUT2D eigenvalue weighted by Gasteiger charge is 2.11. The van der Waals surface area contributed by atoms with E-state index in [9.17, 15) is 0 Å². The smallest absolute Gasteiger partial charge is 0.243 e. The number of rotatable bonds is 13. The largest absolute Gasteiger partial charge is 0.363 e. The molecular weight excluding hydrogens is 316 g/mol. The second-order valence-corrected chi connectivity index (χ2v) is 7.06. The number of thiocarbonyl (C=S) groups is 1. The molecule has 0 amide bonds. The van der Waals surface area contributed by atoms with E-state index in [0.717, 1.165) is 43.6 Å². The van der Waals surface area contributed by atoms with Gasteiger partial charge in [0.2, 0.25) is 6.33 Å². The summed E-state index contributed by atoms with van der Waals surface area (Å²) in [5.74, 6) is 0.805. The predicted molar refractivity (Wildman–Crippen MR) is 106 cm³/mol. The number of nitrogens with zero attached hydrogens (tertiary/aromatic N) is 2. The Kier molecular flexibility index (Phi) is 11.5. The minimum absolute atomic E-state index is 0.785. The van der Waals surface area contributed by atoms with E-state index in [1.165, 1.54) is 38.5 Å². The molecule has 1 atom stereocenters. The Morgan fingerprint density at radius 2 is 1.79 bits per heavy atom. The van der Waals surface area contributed by atoms with Gasteiger partial charge in [0.05, 0.1) is 13.1 Å². The maximum atomic E-state index is 5.26. The number of aromatic nitrogens is 2. The second kappa shape index (κ2) is 13.2. The van der Waals surface area contributed by atoms with Crippen LogP contribution in [0.5, 0.6) is 0 Å². The van der Waals surface area contributed by atoms with Crippen LogP contribution in [-0.4, -0.2) is 22.8 Å². The summed E-state index contributed by atoms with van der Waals surface area (Å²) in [5.41, 5.74) is 0. The number of hydrogen-bond donors (Lipinski definition) is 2. The van der Waals surface area contributed by atoms with Gasteiger partial charge >= 0.3 is 0 Å². The van der Waals surface area contributed by atoms with E-state index in [2.05, 4.69) is 59.3 Å². The molecule has 5 heteroatoms. The predicted octanol–water partition coefficient (Wildman–Crippen LogP) is 3.65. The third-order valence-electron chi connectivity index (χ3n) is 4.45. The molecule has 0 spiro atoms. The van der Waals surface area contributed by atoms with Crippen LogP contribution in [0.1, 0.15) is 65.7 Å². The van der Waals surface area contributed by atoms with Crippen molar-refractivity contribution in [3.8, 4) is 0 Å². The molecule has 0 radical (unpaired) electrons. The highest BCUT2D eigenvalue weighted by atomic mass is 32.1. The van der Waals surface area contributed by atoms with Crippen molar-refractivity contribution >= 4 is 17.3 Å². The van der Waals surface area contributed by atoms with Crippen LogP contribution in [-0.2, 0) is 13.1 Å². The van der Waals surface area contributed by atoms with E-state index in [1.807, 2.05) is 0 Å². The first-order chi connectivity index (χ1) is 11.7. The number of nitrogens with one attached hydrogen (secondary N) is 2. The third-order valence-corrected chi connectivity index (χ3v) is 4.74. The molecule has 2 N–H and O–H groups in total. The van der Waals surface area contributed by atoms with Gasteiger partial charge < -0.3 is 10.6 Å². The summed E-state index contributed by atoms with van der Waals surface area (Å²) in [6.07, 6.45) is 15.3. The molecule has 0 aliphatic carbocycles. The van der Waals surface area contributed by atoms with E-state index in [-0.39, 0.29) is 0 Å². The molecule has 24 heavy (non-hydrogen) atoms. The highest BCUT2D eigenvalue weighted by Crippen LogP contribution is 2.12. The van der Waals surface area contributed by atoms with Crippen molar-refractivity contribution in [2.24, 2.45) is 5.92 Å². The maximum absolute atomic E-state index is 5.26. The lowest BCUT2D eigenvalue weighted by molar-refractivity contribution is -0.703. The average molecular weight is 354 g/mol. The van der Waals surface area contributed by atoms with Crippen molar-refractivity contribution in [1.29, 1.82) is 0 Å². The van der Waals surface area contributed by atoms with E-state index in [1.54, 1.807) is 0 Å². The van der Waals surface area contributed by atoms with Gasteiger partial charge in [-0.3, -0.25) is 0 Å². The fraction of sp³-hybridized carbons (Fsp3) is 0.789. The van der Waals surface area contributed by atoms with E-state index >= 15 is 0 Å². The van der Waals surface area contributed by atoms with Crippen LogP contribution in [0.3, 0.4) is 0 Å². The molecule has 1 heterocycles. The van der Waals surface area contributed by atoms with Crippen molar-refractivity contribution in [3.63, 3.8) is 0 Å². The number of unbranched alkanes of at least 4 members (excludes halogenated alkanes) is 2. The fourth-order valence-corrected chi connectivity index (χ4v) is 3.00. The minimum atomic E-state index is 0.785. The molecule has 1 rings (SSSR count). The Bertz CT molecular complexity index is 444. The zero-order valence-electron chi connectivity index (χ0n) is 15.9. The molecule has 1 aromatic rings. The molecule has 0 fully saturated rings. The average Bonchev–Trinajstić information content (AvgIpc) is 3.03. The molecule has 138 valence electrons. The summed E-state index contributed by atoms with van der Waals surface area (Å²) in [6.45, 7) is 10.8. The molecule has 0 saturated carbocycles. The van der Waals surface area contributed by atoms with Gasteiger partial charge in [0.25, 0.3) is 0 Å². The number of imidazole rings is 1. The molecule has 0 aliphatic rings. The van der Waals surface area contributed by atoms with Crippen molar-refractivity contribution in [3.05, 3.63) is 18.7 Å². The monoisotopic (exact) mass is 353 g/mol. The molecule has 1 unspecified atom stereocenters. The van der Waals surface area contributed by atoms with Crippen LogP contribution >= 0.6 is 12.2 Å². The lowest BCUT2D eigenvalue weighted by atomic mass is 9.99. The summed E-state index contributed by atoms with van der Waals surface area (Å²) in [5, 5.41) is 7.31. The highest BCUT2D eigenvalue weighted by molar-refractivity contribution is 7.80. The molecule has 4 nitrogen and oxygen atoms in total. The van der Waals surface area contributed by atoms with Crippen LogP contribution in [0.25, 0.3) is 0 Å². The lowest BCUT2D eigenvalue weighted by Crippen LogP contribution is -2.36. The maximum Gasteiger partial charge on any atom is 0.243 e. The summed E-state index contributed by atoms with van der Waals surface area (Å²) in [4.78, 5) is 0. The Morgan fingerprint density at radius 3 is 2.46 bits per heavy atom. The number of hydrogen-bond acceptors (Lipinski definition) is 1. The third kappa shape index (κ3) is 9.26. The Labute approximate surface area is 154 Å². The first kappa shape index (κ1) is 20.9. The zero-order valence-corrected chi connectivity index (χ0v) is 16.7. The van der Waals surface area contributed by atoms with Crippen LogP contribution in [0, 0.1) is 5.92 Å². The van der Waals surface area contributed by atoms with Crippen molar-refractivity contribution in [2.45, 2.75) is 78.8 Å². The normalized spacial score (nSPS) is 12.1. The Hall–Kier alpha value is -1.10. The van der Waals surface area contributed by atoms with Gasteiger partial charge in [-0.25, -0.2) is 9.13 Å². The van der Waals surface area contributed by atoms with Gasteiger partial charge in [-0.05, 0) is 37.4 Å². The van der Waals surface area contributed by atoms with Crippen molar-refractivity contribution < 1.29 is 4.57 Å². The van der Waals surface area contributed by atoms with Gasteiger partial charge in [0, 0.05) is 19.5 Å². The number of aryl methyl sites for hydroxylation is 1. The molecule has 0 aromatic carbocycles. The minimum Gasteiger partial charge on any atom is -0.363 e. The Morgan fingerprint density at radius 1 is 1.08 bits per heavy atom. The van der Waals surface area contributed by atoms with Crippen molar-refractivity contribution in [1.82, 2.24) is 15.2 Å². The van der Waals surface area contributed by atoms with E-state index < -0.39 is 0 Å². The zero-order chi connectivity index (χ0) is 17.6. The second-order valence-electron chi connectivity index (χ2n) is 6.65. The summed E-state index contributed by atoms with van der Waals surface area (Å²) >= 11 is 5.26. The van der Waals surface area contributed by atoms with Crippen molar-refractivity contribution in [2.75, 3.05) is 13.1 Å². The molecule has 0 aliphatic heterocycles. The summed E-state index contributed by atoms with van der Waals surface area (Å²) in [7, 11) is 0. The first-order valence-corrected chi connectivity index (χ1v) is 10.2. The molecule has 1 aromatic heterocycles. The van der Waals surface area contributed by atoms with Gasteiger partial charge in [-0.2, -0.15) is 0 Å². The molecular formula is C19H37N4S+. The Balaban J connectivity index is 2.20. The van der Waals surface area contributed by atoms with E-state index in [4.69, 9.17) is 12.2 Å². The van der Waals surface area contributed by atoms with Gasteiger partial charge in [-0.1, -0.05) is 40.0 Å². The quantitative estimate of drug-likeness (QED) is 0.323. The van der Waals surface area contributed by atoms with Crippen LogP contribution in [0.2, 0.25) is 0 Å². The lowest BCUT2D eigenvalue weighted by Gasteiger charge is -2.11. The van der Waals surface area contributed by atoms with Gasteiger partial charge in [0.15, 0.2) is 5.11 Å². The fourth-order valence-electron chi connectivity index (χ4n) is 2.80. The SMILES string of the molecule is CCCCNC(=S)NCCCn1cc[n+](CC(CC)CCCC)c1. The van der Waals surface area contributed by atoms with Gasteiger partial charge in [-0.15, -0.1) is 0 Å². The topological polar surface area (TPSA) is 32.9 Å².